The molecule has 0 saturated carbocycles. The minimum absolute atomic E-state index is 0.0509. The van der Waals surface area contributed by atoms with E-state index in [0.29, 0.717) is 23.7 Å². The third-order valence-corrected chi connectivity index (χ3v) is 5.15. The fraction of sp³-hybridized carbons (Fsp3) is 0.462. The number of hydrogen-bond acceptors (Lipinski definition) is 7. The number of thiophene rings is 1. The van der Waals surface area contributed by atoms with Crippen LogP contribution in [0.15, 0.2) is 11.4 Å². The fourth-order valence-corrected chi connectivity index (χ4v) is 3.82. The number of aryl methyl sites for hydroxylation is 1. The normalized spacial score (nSPS) is 15.3. The van der Waals surface area contributed by atoms with Gasteiger partial charge in [-0.25, -0.2) is 4.98 Å². The molecule has 0 aromatic carbocycles. The summed E-state index contributed by atoms with van der Waals surface area (Å²) < 4.78 is 9.43. The van der Waals surface area contributed by atoms with Crippen molar-refractivity contribution in [1.82, 2.24) is 14.3 Å². The van der Waals surface area contributed by atoms with Crippen LogP contribution in [0.25, 0.3) is 0 Å². The van der Waals surface area contributed by atoms with Gasteiger partial charge in [0.25, 0.3) is 5.91 Å². The summed E-state index contributed by atoms with van der Waals surface area (Å²) in [7, 11) is 1.59. The monoisotopic (exact) mass is 324 g/mol. The Bertz CT molecular complexity index is 632. The zero-order valence-corrected chi connectivity index (χ0v) is 13.5. The summed E-state index contributed by atoms with van der Waals surface area (Å²) in [6.07, 6.45) is 0. The Morgan fingerprint density at radius 1 is 1.33 bits per heavy atom. The van der Waals surface area contributed by atoms with Crippen molar-refractivity contribution in [2.24, 2.45) is 0 Å². The Morgan fingerprint density at radius 2 is 2.10 bits per heavy atom. The molecular formula is C13H16N4O2S2. The predicted molar refractivity (Wildman–Crippen MR) is 83.6 cm³/mol. The van der Waals surface area contributed by atoms with E-state index in [-0.39, 0.29) is 5.91 Å². The molecule has 0 unspecified atom stereocenters. The summed E-state index contributed by atoms with van der Waals surface area (Å²) in [6, 6.07) is 1.83. The fourth-order valence-electron chi connectivity index (χ4n) is 2.27. The van der Waals surface area contributed by atoms with Gasteiger partial charge in [-0.1, -0.05) is 0 Å². The van der Waals surface area contributed by atoms with Gasteiger partial charge in [0, 0.05) is 37.7 Å². The molecule has 1 aliphatic rings. The van der Waals surface area contributed by atoms with Gasteiger partial charge in [0.1, 0.15) is 16.5 Å². The number of amides is 1. The van der Waals surface area contributed by atoms with Gasteiger partial charge < -0.3 is 14.5 Å². The van der Waals surface area contributed by atoms with Crippen LogP contribution >= 0.6 is 22.9 Å². The van der Waals surface area contributed by atoms with Crippen LogP contribution in [0.5, 0.6) is 5.75 Å². The lowest BCUT2D eigenvalue weighted by atomic mass is 10.3. The molecule has 8 heteroatoms. The second-order valence-corrected chi connectivity index (χ2v) is 6.37. The maximum absolute atomic E-state index is 12.5. The van der Waals surface area contributed by atoms with Crippen molar-refractivity contribution in [3.05, 3.63) is 22.1 Å². The van der Waals surface area contributed by atoms with E-state index in [0.717, 1.165) is 24.0 Å². The molecule has 0 spiro atoms. The molecule has 0 aliphatic carbocycles. The summed E-state index contributed by atoms with van der Waals surface area (Å²) in [6.45, 7) is 4.85. The maximum atomic E-state index is 12.5. The molecule has 0 bridgehead atoms. The van der Waals surface area contributed by atoms with E-state index in [9.17, 15) is 4.79 Å². The third kappa shape index (κ3) is 2.86. The number of ether oxygens (including phenoxy) is 1. The maximum Gasteiger partial charge on any atom is 0.267 e. The Balaban J connectivity index is 1.64. The van der Waals surface area contributed by atoms with Crippen molar-refractivity contribution >= 4 is 33.9 Å². The van der Waals surface area contributed by atoms with Crippen LogP contribution < -0.4 is 9.64 Å². The first-order valence-electron chi connectivity index (χ1n) is 6.65. The quantitative estimate of drug-likeness (QED) is 0.863. The van der Waals surface area contributed by atoms with E-state index in [4.69, 9.17) is 4.74 Å². The van der Waals surface area contributed by atoms with Crippen molar-refractivity contribution < 1.29 is 9.53 Å². The molecule has 112 valence electrons. The standard InChI is InChI=1S/C13H16N4O2S2/c1-9-14-13(21-15-9)17-6-4-16(5-7-17)12(18)11-10(19-2)3-8-20-11/h3,8H,4-7H2,1-2H3. The van der Waals surface area contributed by atoms with Crippen molar-refractivity contribution in [2.75, 3.05) is 38.2 Å². The molecular weight excluding hydrogens is 308 g/mol. The Hall–Kier alpha value is -1.67. The molecule has 3 heterocycles. The first-order chi connectivity index (χ1) is 10.2. The lowest BCUT2D eigenvalue weighted by Gasteiger charge is -2.34. The van der Waals surface area contributed by atoms with Crippen LogP contribution in [0.1, 0.15) is 15.5 Å². The smallest absolute Gasteiger partial charge is 0.267 e. The van der Waals surface area contributed by atoms with E-state index in [2.05, 4.69) is 14.3 Å². The first kappa shape index (κ1) is 14.3. The summed E-state index contributed by atoms with van der Waals surface area (Å²) in [5.41, 5.74) is 0. The topological polar surface area (TPSA) is 58.6 Å². The molecule has 21 heavy (non-hydrogen) atoms. The van der Waals surface area contributed by atoms with Crippen LogP contribution in [0, 0.1) is 6.92 Å². The third-order valence-electron chi connectivity index (χ3n) is 3.40. The summed E-state index contributed by atoms with van der Waals surface area (Å²) in [5, 5.41) is 2.82. The van der Waals surface area contributed by atoms with Gasteiger partial charge >= 0.3 is 0 Å². The van der Waals surface area contributed by atoms with Crippen molar-refractivity contribution in [1.29, 1.82) is 0 Å². The molecule has 2 aromatic heterocycles. The van der Waals surface area contributed by atoms with Gasteiger partial charge in [-0.3, -0.25) is 4.79 Å². The second-order valence-electron chi connectivity index (χ2n) is 4.72. The second kappa shape index (κ2) is 5.98. The number of nitrogens with zero attached hydrogens (tertiary/aromatic N) is 4. The van der Waals surface area contributed by atoms with Crippen LogP contribution in [-0.4, -0.2) is 53.5 Å². The summed E-state index contributed by atoms with van der Waals surface area (Å²) in [5.74, 6) is 1.51. The molecule has 1 fully saturated rings. The highest BCUT2D eigenvalue weighted by atomic mass is 32.1. The van der Waals surface area contributed by atoms with Crippen LogP contribution in [0.2, 0.25) is 0 Å². The first-order valence-corrected chi connectivity index (χ1v) is 8.30. The molecule has 1 saturated heterocycles. The molecule has 0 N–H and O–H groups in total. The summed E-state index contributed by atoms with van der Waals surface area (Å²) in [4.78, 5) is 21.6. The van der Waals surface area contributed by atoms with E-state index in [1.165, 1.54) is 22.9 Å². The van der Waals surface area contributed by atoms with E-state index < -0.39 is 0 Å². The minimum Gasteiger partial charge on any atom is -0.495 e. The number of aromatic nitrogens is 2. The zero-order chi connectivity index (χ0) is 14.8. The lowest BCUT2D eigenvalue weighted by molar-refractivity contribution is 0.0748. The number of carbonyl (C=O) groups excluding carboxylic acids is 1. The lowest BCUT2D eigenvalue weighted by Crippen LogP contribution is -2.48. The highest BCUT2D eigenvalue weighted by molar-refractivity contribution is 7.12. The number of rotatable bonds is 3. The van der Waals surface area contributed by atoms with Gasteiger partial charge in [-0.15, -0.1) is 11.3 Å². The molecule has 0 atom stereocenters. The van der Waals surface area contributed by atoms with E-state index in [1.54, 1.807) is 7.11 Å². The average Bonchev–Trinajstić information content (AvgIpc) is 3.15. The Morgan fingerprint density at radius 3 is 2.71 bits per heavy atom. The minimum atomic E-state index is 0.0509. The molecule has 6 nitrogen and oxygen atoms in total. The predicted octanol–water partition coefficient (Wildman–Crippen LogP) is 1.88. The number of hydrogen-bond donors (Lipinski definition) is 0. The largest absolute Gasteiger partial charge is 0.495 e. The average molecular weight is 324 g/mol. The van der Waals surface area contributed by atoms with Gasteiger partial charge in [0.05, 0.1) is 7.11 Å². The van der Waals surface area contributed by atoms with Crippen LogP contribution in [0.3, 0.4) is 0 Å². The highest BCUT2D eigenvalue weighted by Gasteiger charge is 2.26. The molecule has 1 aliphatic heterocycles. The Labute approximate surface area is 131 Å². The number of piperazine rings is 1. The van der Waals surface area contributed by atoms with Crippen LogP contribution in [0.4, 0.5) is 5.13 Å². The van der Waals surface area contributed by atoms with E-state index >= 15 is 0 Å². The van der Waals surface area contributed by atoms with Gasteiger partial charge in [0.2, 0.25) is 5.13 Å². The zero-order valence-electron chi connectivity index (χ0n) is 11.9. The molecule has 2 aromatic rings. The molecule has 3 rings (SSSR count). The Kier molecular flexibility index (Phi) is 4.07. The molecule has 0 radical (unpaired) electrons. The number of carbonyl (C=O) groups is 1. The number of methoxy groups -OCH3 is 1. The number of anilines is 1. The van der Waals surface area contributed by atoms with Crippen molar-refractivity contribution in [3.8, 4) is 5.75 Å². The SMILES string of the molecule is COc1ccsc1C(=O)N1CCN(c2nc(C)ns2)CC1. The molecule has 1 amide bonds. The van der Waals surface area contributed by atoms with Crippen molar-refractivity contribution in [3.63, 3.8) is 0 Å². The van der Waals surface area contributed by atoms with Crippen LogP contribution in [-0.2, 0) is 0 Å². The summed E-state index contributed by atoms with van der Waals surface area (Å²) >= 11 is 2.84. The van der Waals surface area contributed by atoms with Gasteiger partial charge in [-0.05, 0) is 18.4 Å². The van der Waals surface area contributed by atoms with Crippen molar-refractivity contribution in [2.45, 2.75) is 6.92 Å². The van der Waals surface area contributed by atoms with E-state index in [1.807, 2.05) is 23.3 Å². The van der Waals surface area contributed by atoms with Gasteiger partial charge in [-0.2, -0.15) is 4.37 Å². The van der Waals surface area contributed by atoms with Gasteiger partial charge in [0.15, 0.2) is 0 Å². The highest BCUT2D eigenvalue weighted by Crippen LogP contribution is 2.27.